The zero-order valence-electron chi connectivity index (χ0n) is 10.0. The molecule has 1 aliphatic rings. The van der Waals surface area contributed by atoms with Gasteiger partial charge in [-0.05, 0) is 56.0 Å². The highest BCUT2D eigenvalue weighted by atomic mass is 16.6. The lowest BCUT2D eigenvalue weighted by atomic mass is 9.94. The van der Waals surface area contributed by atoms with Gasteiger partial charge >= 0.3 is 0 Å². The van der Waals surface area contributed by atoms with Gasteiger partial charge in [0, 0.05) is 0 Å². The van der Waals surface area contributed by atoms with Crippen molar-refractivity contribution >= 4 is 0 Å². The Morgan fingerprint density at radius 2 is 1.80 bits per heavy atom. The van der Waals surface area contributed by atoms with Gasteiger partial charge in [0.05, 0.1) is 13.2 Å². The molecule has 2 heteroatoms. The van der Waals surface area contributed by atoms with E-state index in [-0.39, 0.29) is 0 Å². The molecule has 2 atom stereocenters. The normalized spacial score (nSPS) is 24.1. The van der Waals surface area contributed by atoms with E-state index in [0.717, 1.165) is 5.75 Å². The quantitative estimate of drug-likeness (QED) is 0.694. The minimum atomic E-state index is 0.301. The summed E-state index contributed by atoms with van der Waals surface area (Å²) < 4.78 is 10.9. The van der Waals surface area contributed by atoms with E-state index in [1.54, 1.807) is 7.11 Å². The largest absolute Gasteiger partial charge is 0.496 e. The van der Waals surface area contributed by atoms with Crippen LogP contribution < -0.4 is 4.74 Å². The Kier molecular flexibility index (Phi) is 2.47. The summed E-state index contributed by atoms with van der Waals surface area (Å²) in [5.41, 5.74) is 5.15. The molecule has 2 nitrogen and oxygen atoms in total. The molecule has 15 heavy (non-hydrogen) atoms. The molecule has 0 amide bonds. The van der Waals surface area contributed by atoms with Gasteiger partial charge in [-0.3, -0.25) is 0 Å². The molecular formula is C13H18O2. The minimum absolute atomic E-state index is 0.301. The molecule has 0 aromatic heterocycles. The van der Waals surface area contributed by atoms with Gasteiger partial charge in [-0.15, -0.1) is 0 Å². The summed E-state index contributed by atoms with van der Waals surface area (Å²) in [6, 6.07) is 2.10. The molecule has 82 valence electrons. The van der Waals surface area contributed by atoms with Crippen LogP contribution in [0, 0.1) is 20.8 Å². The number of hydrogen-bond donors (Lipinski definition) is 0. The first-order valence-electron chi connectivity index (χ1n) is 5.36. The second kappa shape index (κ2) is 3.53. The number of methoxy groups -OCH3 is 1. The van der Waals surface area contributed by atoms with Crippen LogP contribution in [0.25, 0.3) is 0 Å². The van der Waals surface area contributed by atoms with E-state index in [9.17, 15) is 0 Å². The summed E-state index contributed by atoms with van der Waals surface area (Å²) in [4.78, 5) is 0. The summed E-state index contributed by atoms with van der Waals surface area (Å²) in [6.45, 7) is 8.49. The van der Waals surface area contributed by atoms with Crippen LogP contribution in [-0.2, 0) is 4.74 Å². The van der Waals surface area contributed by atoms with Crippen molar-refractivity contribution in [3.63, 3.8) is 0 Å². The Morgan fingerprint density at radius 1 is 1.20 bits per heavy atom. The van der Waals surface area contributed by atoms with E-state index in [1.807, 2.05) is 0 Å². The highest BCUT2D eigenvalue weighted by Crippen LogP contribution is 2.43. The van der Waals surface area contributed by atoms with Gasteiger partial charge in [0.15, 0.2) is 0 Å². The maximum absolute atomic E-state index is 5.55. The third-order valence-electron chi connectivity index (χ3n) is 3.32. The highest BCUT2D eigenvalue weighted by Gasteiger charge is 2.38. The molecule has 1 saturated heterocycles. The third kappa shape index (κ3) is 1.63. The molecule has 1 aromatic rings. The van der Waals surface area contributed by atoms with Crippen molar-refractivity contribution in [3.8, 4) is 5.75 Å². The molecule has 0 saturated carbocycles. The molecule has 1 fully saturated rings. The smallest absolute Gasteiger partial charge is 0.122 e. The molecule has 1 heterocycles. The maximum Gasteiger partial charge on any atom is 0.122 e. The lowest BCUT2D eigenvalue weighted by Gasteiger charge is -2.14. The average molecular weight is 206 g/mol. The Bertz CT molecular complexity index is 396. The van der Waals surface area contributed by atoms with Crippen LogP contribution in [0.2, 0.25) is 0 Å². The first-order chi connectivity index (χ1) is 7.06. The first-order valence-corrected chi connectivity index (χ1v) is 5.36. The molecule has 0 bridgehead atoms. The number of epoxide rings is 1. The topological polar surface area (TPSA) is 21.8 Å². The summed E-state index contributed by atoms with van der Waals surface area (Å²) in [7, 11) is 1.72. The summed E-state index contributed by atoms with van der Waals surface area (Å²) in [6.07, 6.45) is 0.671. The van der Waals surface area contributed by atoms with Crippen LogP contribution in [-0.4, -0.2) is 13.2 Å². The average Bonchev–Trinajstić information content (AvgIpc) is 2.89. The number of aryl methyl sites for hydroxylation is 1. The first kappa shape index (κ1) is 10.5. The standard InChI is InChI=1S/C13H18O2/c1-7-6-11(14-5)8(2)9(3)12(7)13-10(4)15-13/h6,10,13H,1-5H3. The van der Waals surface area contributed by atoms with Gasteiger partial charge in [-0.25, -0.2) is 0 Å². The fourth-order valence-electron chi connectivity index (χ4n) is 2.20. The van der Waals surface area contributed by atoms with Crippen molar-refractivity contribution < 1.29 is 9.47 Å². The summed E-state index contributed by atoms with van der Waals surface area (Å²) in [5, 5.41) is 0. The number of hydrogen-bond acceptors (Lipinski definition) is 2. The summed E-state index contributed by atoms with van der Waals surface area (Å²) >= 11 is 0. The number of rotatable bonds is 2. The SMILES string of the molecule is COc1cc(C)c(C2OC2C)c(C)c1C. The van der Waals surface area contributed by atoms with Crippen molar-refractivity contribution in [1.29, 1.82) is 0 Å². The van der Waals surface area contributed by atoms with Crippen molar-refractivity contribution in [3.05, 3.63) is 28.3 Å². The number of benzene rings is 1. The fourth-order valence-corrected chi connectivity index (χ4v) is 2.20. The molecule has 0 aliphatic carbocycles. The van der Waals surface area contributed by atoms with Crippen LogP contribution in [0.1, 0.15) is 35.3 Å². The van der Waals surface area contributed by atoms with Crippen LogP contribution in [0.5, 0.6) is 5.75 Å². The van der Waals surface area contributed by atoms with E-state index < -0.39 is 0 Å². The van der Waals surface area contributed by atoms with Crippen LogP contribution in [0.4, 0.5) is 0 Å². The van der Waals surface area contributed by atoms with E-state index >= 15 is 0 Å². The van der Waals surface area contributed by atoms with Crippen molar-refractivity contribution in [2.24, 2.45) is 0 Å². The molecule has 2 rings (SSSR count). The summed E-state index contributed by atoms with van der Waals surface area (Å²) in [5.74, 6) is 0.974. The maximum atomic E-state index is 5.55. The Balaban J connectivity index is 2.51. The van der Waals surface area contributed by atoms with Gasteiger partial charge < -0.3 is 9.47 Å². The third-order valence-corrected chi connectivity index (χ3v) is 3.32. The van der Waals surface area contributed by atoms with Gasteiger partial charge in [0.25, 0.3) is 0 Å². The Morgan fingerprint density at radius 3 is 2.27 bits per heavy atom. The molecule has 1 aliphatic heterocycles. The molecule has 2 unspecified atom stereocenters. The highest BCUT2D eigenvalue weighted by molar-refractivity contribution is 5.50. The second-order valence-corrected chi connectivity index (χ2v) is 4.32. The molecule has 0 N–H and O–H groups in total. The zero-order chi connectivity index (χ0) is 11.2. The van der Waals surface area contributed by atoms with E-state index in [1.165, 1.54) is 22.3 Å². The van der Waals surface area contributed by atoms with Gasteiger partial charge in [-0.1, -0.05) is 0 Å². The van der Waals surface area contributed by atoms with Gasteiger partial charge in [-0.2, -0.15) is 0 Å². The monoisotopic (exact) mass is 206 g/mol. The lowest BCUT2D eigenvalue weighted by molar-refractivity contribution is 0.381. The van der Waals surface area contributed by atoms with Crippen LogP contribution in [0.15, 0.2) is 6.07 Å². The molecule has 1 aromatic carbocycles. The van der Waals surface area contributed by atoms with Gasteiger partial charge in [0.2, 0.25) is 0 Å². The van der Waals surface area contributed by atoms with Crippen LogP contribution >= 0.6 is 0 Å². The Hall–Kier alpha value is -1.02. The molecular weight excluding hydrogens is 188 g/mol. The predicted octanol–water partition coefficient (Wildman–Crippen LogP) is 3.08. The second-order valence-electron chi connectivity index (χ2n) is 4.32. The number of ether oxygens (including phenoxy) is 2. The molecule has 0 radical (unpaired) electrons. The van der Waals surface area contributed by atoms with E-state index in [0.29, 0.717) is 12.2 Å². The van der Waals surface area contributed by atoms with E-state index in [2.05, 4.69) is 33.8 Å². The zero-order valence-corrected chi connectivity index (χ0v) is 10.0. The van der Waals surface area contributed by atoms with Crippen molar-refractivity contribution in [1.82, 2.24) is 0 Å². The van der Waals surface area contributed by atoms with E-state index in [4.69, 9.17) is 9.47 Å². The molecule has 0 spiro atoms. The predicted molar refractivity (Wildman–Crippen MR) is 60.5 cm³/mol. The fraction of sp³-hybridized carbons (Fsp3) is 0.538. The van der Waals surface area contributed by atoms with Crippen molar-refractivity contribution in [2.75, 3.05) is 7.11 Å². The minimum Gasteiger partial charge on any atom is -0.496 e. The Labute approximate surface area is 91.2 Å². The van der Waals surface area contributed by atoms with Crippen molar-refractivity contribution in [2.45, 2.75) is 39.9 Å². The van der Waals surface area contributed by atoms with Crippen LogP contribution in [0.3, 0.4) is 0 Å². The lowest BCUT2D eigenvalue weighted by Crippen LogP contribution is -1.99. The van der Waals surface area contributed by atoms with Gasteiger partial charge in [0.1, 0.15) is 11.9 Å².